The molecular weight excluding hydrogens is 295 g/mol. The van der Waals surface area contributed by atoms with Crippen LogP contribution in [0.1, 0.15) is 5.69 Å². The number of aromatic hydroxyl groups is 1. The monoisotopic (exact) mass is 311 g/mol. The second-order valence-corrected chi connectivity index (χ2v) is 5.49. The van der Waals surface area contributed by atoms with Crippen LogP contribution in [-0.4, -0.2) is 48.2 Å². The topological polar surface area (TPSA) is 39.6 Å². The summed E-state index contributed by atoms with van der Waals surface area (Å²) in [6, 6.07) is 5.73. The van der Waals surface area contributed by atoms with Crippen LogP contribution in [0.25, 0.3) is 10.9 Å². The summed E-state index contributed by atoms with van der Waals surface area (Å²) in [5, 5.41) is 10.4. The summed E-state index contributed by atoms with van der Waals surface area (Å²) in [4.78, 5) is 7.65. The average molecular weight is 311 g/mol. The Balaban J connectivity index is 2.16. The summed E-state index contributed by atoms with van der Waals surface area (Å²) in [7, 11) is 1.98. The fourth-order valence-electron chi connectivity index (χ4n) is 2.67. The minimum Gasteiger partial charge on any atom is -0.506 e. The van der Waals surface area contributed by atoms with E-state index in [1.54, 1.807) is 12.1 Å². The van der Waals surface area contributed by atoms with E-state index >= 15 is 0 Å². The van der Waals surface area contributed by atoms with E-state index in [1.807, 2.05) is 11.9 Å². The lowest BCUT2D eigenvalue weighted by atomic mass is 10.1. The van der Waals surface area contributed by atoms with Gasteiger partial charge in [-0.15, -0.1) is 0 Å². The van der Waals surface area contributed by atoms with Crippen molar-refractivity contribution in [3.05, 3.63) is 30.0 Å². The first-order valence-corrected chi connectivity index (χ1v) is 6.99. The largest absolute Gasteiger partial charge is 0.506 e. The molecule has 22 heavy (non-hydrogen) atoms. The molecule has 0 spiro atoms. The summed E-state index contributed by atoms with van der Waals surface area (Å²) in [5.41, 5.74) is -0.511. The number of nitrogens with zero attached hydrogens (tertiary/aromatic N) is 3. The van der Waals surface area contributed by atoms with E-state index in [2.05, 4.69) is 9.88 Å². The molecule has 0 radical (unpaired) electrons. The number of benzene rings is 1. The van der Waals surface area contributed by atoms with Gasteiger partial charge in [-0.2, -0.15) is 13.2 Å². The molecule has 118 valence electrons. The van der Waals surface area contributed by atoms with E-state index < -0.39 is 11.9 Å². The van der Waals surface area contributed by atoms with Gasteiger partial charge in [-0.3, -0.25) is 0 Å². The molecule has 2 aromatic rings. The van der Waals surface area contributed by atoms with Crippen LogP contribution in [0.15, 0.2) is 24.3 Å². The second kappa shape index (κ2) is 5.31. The Morgan fingerprint density at radius 3 is 2.45 bits per heavy atom. The number of likely N-dealkylation sites (N-methyl/N-ethyl adjacent to an activating group) is 1. The zero-order valence-electron chi connectivity index (χ0n) is 12.1. The van der Waals surface area contributed by atoms with Gasteiger partial charge in [-0.25, -0.2) is 4.98 Å². The summed E-state index contributed by atoms with van der Waals surface area (Å²) < 4.78 is 39.3. The fourth-order valence-corrected chi connectivity index (χ4v) is 2.67. The number of pyridine rings is 1. The summed E-state index contributed by atoms with van der Waals surface area (Å²) in [6.45, 7) is 2.85. The number of para-hydroxylation sites is 1. The van der Waals surface area contributed by atoms with E-state index in [-0.39, 0.29) is 11.3 Å². The lowest BCUT2D eigenvalue weighted by molar-refractivity contribution is -0.140. The van der Waals surface area contributed by atoms with Crippen LogP contribution in [0.3, 0.4) is 0 Å². The average Bonchev–Trinajstić information content (AvgIpc) is 2.47. The van der Waals surface area contributed by atoms with Gasteiger partial charge in [-0.05, 0) is 19.2 Å². The van der Waals surface area contributed by atoms with Crippen LogP contribution in [0, 0.1) is 0 Å². The summed E-state index contributed by atoms with van der Waals surface area (Å²) in [6.07, 6.45) is -4.54. The molecule has 1 saturated heterocycles. The highest BCUT2D eigenvalue weighted by Gasteiger charge is 2.34. The fraction of sp³-hybridized carbons (Fsp3) is 0.400. The maximum Gasteiger partial charge on any atom is 0.433 e. The van der Waals surface area contributed by atoms with Crippen molar-refractivity contribution in [2.45, 2.75) is 6.18 Å². The Kier molecular flexibility index (Phi) is 3.60. The van der Waals surface area contributed by atoms with Crippen molar-refractivity contribution in [3.63, 3.8) is 0 Å². The normalized spacial score (nSPS) is 17.2. The molecule has 1 aliphatic rings. The van der Waals surface area contributed by atoms with Gasteiger partial charge in [0.15, 0.2) is 0 Å². The molecule has 1 aromatic carbocycles. The first kappa shape index (κ1) is 14.9. The quantitative estimate of drug-likeness (QED) is 0.879. The lowest BCUT2D eigenvalue weighted by Gasteiger charge is -2.34. The molecule has 0 bridgehead atoms. The summed E-state index contributed by atoms with van der Waals surface area (Å²) >= 11 is 0. The smallest absolute Gasteiger partial charge is 0.433 e. The first-order valence-electron chi connectivity index (χ1n) is 6.99. The molecule has 7 heteroatoms. The molecule has 3 rings (SSSR count). The predicted molar refractivity (Wildman–Crippen MR) is 78.1 cm³/mol. The standard InChI is InChI=1S/C15H16F3N3O/c1-20-5-7-21(8-6-20)11-9-13(15(16,17)18)19-14-10(11)3-2-4-12(14)22/h2-4,9,22H,5-8H2,1H3. The molecule has 0 aliphatic carbocycles. The van der Waals surface area contributed by atoms with Crippen molar-refractivity contribution in [1.82, 2.24) is 9.88 Å². The maximum absolute atomic E-state index is 13.1. The lowest BCUT2D eigenvalue weighted by Crippen LogP contribution is -2.44. The van der Waals surface area contributed by atoms with Crippen molar-refractivity contribution in [3.8, 4) is 5.75 Å². The Morgan fingerprint density at radius 2 is 1.82 bits per heavy atom. The van der Waals surface area contributed by atoms with Gasteiger partial charge in [0.05, 0.1) is 0 Å². The summed E-state index contributed by atoms with van der Waals surface area (Å²) in [5.74, 6) is -0.237. The molecular formula is C15H16F3N3O. The molecule has 1 aromatic heterocycles. The van der Waals surface area contributed by atoms with Crippen molar-refractivity contribution in [1.29, 1.82) is 0 Å². The van der Waals surface area contributed by atoms with E-state index in [9.17, 15) is 18.3 Å². The molecule has 0 atom stereocenters. The number of phenolic OH excluding ortho intramolecular Hbond substituents is 1. The SMILES string of the molecule is CN1CCN(c2cc(C(F)(F)F)nc3c(O)cccc23)CC1. The second-order valence-electron chi connectivity index (χ2n) is 5.49. The number of fused-ring (bicyclic) bond motifs is 1. The minimum absolute atomic E-state index is 0.00810. The molecule has 0 unspecified atom stereocenters. The molecule has 2 heterocycles. The Labute approximate surface area is 125 Å². The first-order chi connectivity index (χ1) is 10.4. The van der Waals surface area contributed by atoms with Crippen LogP contribution in [-0.2, 0) is 6.18 Å². The Morgan fingerprint density at radius 1 is 1.14 bits per heavy atom. The number of hydrogen-bond acceptors (Lipinski definition) is 4. The van der Waals surface area contributed by atoms with Gasteiger partial charge >= 0.3 is 6.18 Å². The number of phenols is 1. The molecule has 0 amide bonds. The zero-order valence-corrected chi connectivity index (χ0v) is 12.1. The molecule has 1 fully saturated rings. The Bertz CT molecular complexity index is 694. The number of piperazine rings is 1. The molecule has 0 saturated carbocycles. The number of rotatable bonds is 1. The third-order valence-corrected chi connectivity index (χ3v) is 3.93. The van der Waals surface area contributed by atoms with Gasteiger partial charge in [0.2, 0.25) is 0 Å². The van der Waals surface area contributed by atoms with Crippen molar-refractivity contribution >= 4 is 16.6 Å². The van der Waals surface area contributed by atoms with E-state index in [1.165, 1.54) is 6.07 Å². The van der Waals surface area contributed by atoms with Gasteiger partial charge in [0.25, 0.3) is 0 Å². The zero-order chi connectivity index (χ0) is 15.9. The minimum atomic E-state index is -4.54. The molecule has 1 N–H and O–H groups in total. The van der Waals surface area contributed by atoms with Gasteiger partial charge in [-0.1, -0.05) is 12.1 Å². The number of hydrogen-bond donors (Lipinski definition) is 1. The predicted octanol–water partition coefficient (Wildman–Crippen LogP) is 2.71. The number of aromatic nitrogens is 1. The molecule has 1 aliphatic heterocycles. The number of halogens is 3. The highest BCUT2D eigenvalue weighted by molar-refractivity contribution is 5.95. The van der Waals surface area contributed by atoms with Gasteiger partial charge < -0.3 is 14.9 Å². The van der Waals surface area contributed by atoms with Crippen LogP contribution in [0.5, 0.6) is 5.75 Å². The number of alkyl halides is 3. The van der Waals surface area contributed by atoms with Gasteiger partial charge in [0.1, 0.15) is 17.0 Å². The van der Waals surface area contributed by atoms with Crippen LogP contribution < -0.4 is 4.90 Å². The van der Waals surface area contributed by atoms with Crippen molar-refractivity contribution < 1.29 is 18.3 Å². The van der Waals surface area contributed by atoms with Crippen LogP contribution in [0.2, 0.25) is 0 Å². The maximum atomic E-state index is 13.1. The molecule has 4 nitrogen and oxygen atoms in total. The van der Waals surface area contributed by atoms with Crippen molar-refractivity contribution in [2.24, 2.45) is 0 Å². The number of anilines is 1. The van der Waals surface area contributed by atoms with Crippen LogP contribution >= 0.6 is 0 Å². The van der Waals surface area contributed by atoms with Crippen LogP contribution in [0.4, 0.5) is 18.9 Å². The highest BCUT2D eigenvalue weighted by atomic mass is 19.4. The third-order valence-electron chi connectivity index (χ3n) is 3.93. The highest BCUT2D eigenvalue weighted by Crippen LogP contribution is 2.37. The van der Waals surface area contributed by atoms with E-state index in [0.717, 1.165) is 19.2 Å². The van der Waals surface area contributed by atoms with E-state index in [4.69, 9.17) is 0 Å². The third kappa shape index (κ3) is 2.68. The van der Waals surface area contributed by atoms with Gasteiger partial charge in [0, 0.05) is 37.3 Å². The Hall–Kier alpha value is -2.02. The van der Waals surface area contributed by atoms with E-state index in [0.29, 0.717) is 24.2 Å². The van der Waals surface area contributed by atoms with Crippen molar-refractivity contribution in [2.75, 3.05) is 38.1 Å².